The summed E-state index contributed by atoms with van der Waals surface area (Å²) >= 11 is 0. The molecule has 0 aliphatic carbocycles. The fourth-order valence-electron chi connectivity index (χ4n) is 3.66. The van der Waals surface area contributed by atoms with Crippen molar-refractivity contribution in [1.29, 1.82) is 0 Å². The second kappa shape index (κ2) is 11.8. The normalized spacial score (nSPS) is 11.7. The lowest BCUT2D eigenvalue weighted by atomic mass is 10.1. The van der Waals surface area contributed by atoms with Crippen LogP contribution >= 0.6 is 0 Å². The van der Waals surface area contributed by atoms with Crippen LogP contribution in [0.3, 0.4) is 0 Å². The van der Waals surface area contributed by atoms with Crippen molar-refractivity contribution < 1.29 is 26.3 Å². The lowest BCUT2D eigenvalue weighted by Crippen LogP contribution is -2.23. The van der Waals surface area contributed by atoms with E-state index in [9.17, 15) is 16.8 Å². The summed E-state index contributed by atoms with van der Waals surface area (Å²) in [6.45, 7) is 0.299. The van der Waals surface area contributed by atoms with Crippen LogP contribution in [0.15, 0.2) is 107 Å². The second-order valence-corrected chi connectivity index (χ2v) is 11.9. The van der Waals surface area contributed by atoms with Gasteiger partial charge in [0.05, 0.1) is 24.0 Å². The number of hydrogen-bond donors (Lipinski definition) is 2. The molecule has 0 heterocycles. The van der Waals surface area contributed by atoms with Gasteiger partial charge >= 0.3 is 0 Å². The molecule has 0 radical (unpaired) electrons. The monoisotopic (exact) mass is 552 g/mol. The van der Waals surface area contributed by atoms with Crippen molar-refractivity contribution in [2.24, 2.45) is 0 Å². The Morgan fingerprint density at radius 1 is 0.500 bits per heavy atom. The summed E-state index contributed by atoms with van der Waals surface area (Å²) in [5, 5.41) is 0. The van der Waals surface area contributed by atoms with Crippen LogP contribution in [0.4, 0.5) is 0 Å². The highest BCUT2D eigenvalue weighted by atomic mass is 32.2. The molecule has 4 aromatic rings. The fraction of sp³-hybridized carbons (Fsp3) is 0.143. The molecule has 0 saturated carbocycles. The van der Waals surface area contributed by atoms with Crippen LogP contribution in [0.5, 0.6) is 11.5 Å². The average Bonchev–Trinajstić information content (AvgIpc) is 2.96. The van der Waals surface area contributed by atoms with E-state index in [4.69, 9.17) is 9.47 Å². The Morgan fingerprint density at radius 2 is 0.816 bits per heavy atom. The Morgan fingerprint density at radius 3 is 1.11 bits per heavy atom. The van der Waals surface area contributed by atoms with E-state index < -0.39 is 20.0 Å². The number of sulfonamides is 2. The number of methoxy groups -OCH3 is 2. The maximum Gasteiger partial charge on any atom is 0.240 e. The lowest BCUT2D eigenvalue weighted by Gasteiger charge is -2.10. The molecule has 0 bridgehead atoms. The average molecular weight is 553 g/mol. The number of benzene rings is 4. The van der Waals surface area contributed by atoms with E-state index in [0.717, 1.165) is 22.3 Å². The van der Waals surface area contributed by atoms with E-state index in [1.807, 2.05) is 0 Å². The first-order valence-corrected chi connectivity index (χ1v) is 14.6. The zero-order valence-corrected chi connectivity index (χ0v) is 22.6. The molecule has 38 heavy (non-hydrogen) atoms. The molecule has 0 aliphatic heterocycles. The molecular weight excluding hydrogens is 524 g/mol. The van der Waals surface area contributed by atoms with Gasteiger partial charge in [-0.25, -0.2) is 26.3 Å². The first-order valence-electron chi connectivity index (χ1n) is 11.7. The molecule has 0 aromatic heterocycles. The van der Waals surface area contributed by atoms with E-state index in [2.05, 4.69) is 9.44 Å². The quantitative estimate of drug-likeness (QED) is 0.287. The lowest BCUT2D eigenvalue weighted by molar-refractivity contribution is 0.414. The summed E-state index contributed by atoms with van der Waals surface area (Å²) in [5.74, 6) is 1.39. The first-order chi connectivity index (χ1) is 18.2. The molecule has 0 atom stereocenters. The highest BCUT2D eigenvalue weighted by Gasteiger charge is 2.16. The molecule has 10 heteroatoms. The Hall–Kier alpha value is -3.70. The van der Waals surface area contributed by atoms with E-state index >= 15 is 0 Å². The SMILES string of the molecule is COc1ccc(CNS(=O)(=O)c2ccc(-c3ccc(S(=O)(=O)NCc4ccc(OC)cc4)cc3)cc2)cc1. The van der Waals surface area contributed by atoms with Crippen LogP contribution in [0, 0.1) is 0 Å². The van der Waals surface area contributed by atoms with Gasteiger partial charge < -0.3 is 9.47 Å². The van der Waals surface area contributed by atoms with Gasteiger partial charge in [-0.3, -0.25) is 0 Å². The number of rotatable bonds is 11. The zero-order valence-electron chi connectivity index (χ0n) is 20.9. The molecule has 0 saturated heterocycles. The van der Waals surface area contributed by atoms with Crippen molar-refractivity contribution in [3.63, 3.8) is 0 Å². The van der Waals surface area contributed by atoms with E-state index in [0.29, 0.717) is 11.5 Å². The highest BCUT2D eigenvalue weighted by molar-refractivity contribution is 7.89. The molecule has 0 amide bonds. The van der Waals surface area contributed by atoms with Gasteiger partial charge in [0.2, 0.25) is 20.0 Å². The predicted molar refractivity (Wildman–Crippen MR) is 146 cm³/mol. The van der Waals surface area contributed by atoms with Crippen molar-refractivity contribution in [2.45, 2.75) is 22.9 Å². The minimum absolute atomic E-state index is 0.136. The molecule has 0 spiro atoms. The van der Waals surface area contributed by atoms with E-state index in [1.165, 1.54) is 24.3 Å². The highest BCUT2D eigenvalue weighted by Crippen LogP contribution is 2.23. The van der Waals surface area contributed by atoms with Crippen molar-refractivity contribution in [1.82, 2.24) is 9.44 Å². The third-order valence-electron chi connectivity index (χ3n) is 5.91. The molecule has 4 aromatic carbocycles. The van der Waals surface area contributed by atoms with Crippen LogP contribution in [0.25, 0.3) is 11.1 Å². The van der Waals surface area contributed by atoms with Crippen molar-refractivity contribution in [3.05, 3.63) is 108 Å². The van der Waals surface area contributed by atoms with Crippen LogP contribution in [0.1, 0.15) is 11.1 Å². The van der Waals surface area contributed by atoms with Gasteiger partial charge in [0.1, 0.15) is 11.5 Å². The van der Waals surface area contributed by atoms with Crippen LogP contribution < -0.4 is 18.9 Å². The number of nitrogens with one attached hydrogen (secondary N) is 2. The maximum absolute atomic E-state index is 12.7. The summed E-state index contributed by atoms with van der Waals surface area (Å²) in [5.41, 5.74) is 3.13. The Kier molecular flexibility index (Phi) is 8.48. The minimum atomic E-state index is -3.71. The van der Waals surface area contributed by atoms with Crippen molar-refractivity contribution >= 4 is 20.0 Å². The topological polar surface area (TPSA) is 111 Å². The maximum atomic E-state index is 12.7. The van der Waals surface area contributed by atoms with Crippen LogP contribution in [-0.2, 0) is 33.1 Å². The Balaban J connectivity index is 1.39. The predicted octanol–water partition coefficient (Wildman–Crippen LogP) is 4.33. The summed E-state index contributed by atoms with van der Waals surface area (Å²) < 4.78 is 66.3. The Labute approximate surface area is 223 Å². The first kappa shape index (κ1) is 27.3. The number of hydrogen-bond acceptors (Lipinski definition) is 6. The molecule has 2 N–H and O–H groups in total. The molecule has 0 unspecified atom stereocenters. The summed E-state index contributed by atoms with van der Waals surface area (Å²) in [6.07, 6.45) is 0. The van der Waals surface area contributed by atoms with Crippen LogP contribution in [0.2, 0.25) is 0 Å². The molecule has 4 rings (SSSR count). The molecule has 0 aliphatic rings. The molecule has 198 valence electrons. The van der Waals surface area contributed by atoms with E-state index in [1.54, 1.807) is 87.0 Å². The standard InChI is InChI=1S/C28H28N2O6S2/c1-35-25-11-3-21(4-12-25)19-29-37(31,32)27-15-7-23(8-16-27)24-9-17-28(18-10-24)38(33,34)30-20-22-5-13-26(36-2)14-6-22/h3-18,29-30H,19-20H2,1-2H3. The summed E-state index contributed by atoms with van der Waals surface area (Å²) in [4.78, 5) is 0.272. The number of ether oxygens (including phenoxy) is 2. The molecular formula is C28H28N2O6S2. The fourth-order valence-corrected chi connectivity index (χ4v) is 5.70. The molecule has 0 fully saturated rings. The zero-order chi connectivity index (χ0) is 27.2. The van der Waals surface area contributed by atoms with Gasteiger partial charge in [-0.1, -0.05) is 48.5 Å². The van der Waals surface area contributed by atoms with Gasteiger partial charge in [-0.2, -0.15) is 0 Å². The molecule has 8 nitrogen and oxygen atoms in total. The van der Waals surface area contributed by atoms with Gasteiger partial charge in [0.15, 0.2) is 0 Å². The summed E-state index contributed by atoms with van der Waals surface area (Å²) in [7, 11) is -4.28. The van der Waals surface area contributed by atoms with Crippen LogP contribution in [-0.4, -0.2) is 31.1 Å². The van der Waals surface area contributed by atoms with Gasteiger partial charge in [-0.05, 0) is 70.8 Å². The Bertz CT molecular complexity index is 1440. The van der Waals surface area contributed by atoms with Gasteiger partial charge in [0, 0.05) is 13.1 Å². The third kappa shape index (κ3) is 6.78. The second-order valence-electron chi connectivity index (χ2n) is 8.39. The van der Waals surface area contributed by atoms with Crippen molar-refractivity contribution in [3.8, 4) is 22.6 Å². The summed E-state index contributed by atoms with van der Waals surface area (Å²) in [6, 6.07) is 27.1. The smallest absolute Gasteiger partial charge is 0.240 e. The van der Waals surface area contributed by atoms with Crippen molar-refractivity contribution in [2.75, 3.05) is 14.2 Å². The van der Waals surface area contributed by atoms with Gasteiger partial charge in [0.25, 0.3) is 0 Å². The van der Waals surface area contributed by atoms with E-state index in [-0.39, 0.29) is 22.9 Å². The third-order valence-corrected chi connectivity index (χ3v) is 8.75. The van der Waals surface area contributed by atoms with Gasteiger partial charge in [-0.15, -0.1) is 0 Å². The minimum Gasteiger partial charge on any atom is -0.497 e. The largest absolute Gasteiger partial charge is 0.497 e.